The zero-order chi connectivity index (χ0) is 13.8. The summed E-state index contributed by atoms with van der Waals surface area (Å²) >= 11 is 0. The Kier molecular flexibility index (Phi) is 4.33. The van der Waals surface area contributed by atoms with Gasteiger partial charge in [-0.25, -0.2) is 4.39 Å². The van der Waals surface area contributed by atoms with Gasteiger partial charge in [0.2, 0.25) is 0 Å². The van der Waals surface area contributed by atoms with Gasteiger partial charge >= 0.3 is 0 Å². The van der Waals surface area contributed by atoms with Crippen molar-refractivity contribution < 1.29 is 4.39 Å². The molecule has 2 heteroatoms. The first-order chi connectivity index (χ1) is 9.11. The number of benzene rings is 2. The Balaban J connectivity index is 2.33. The highest BCUT2D eigenvalue weighted by atomic mass is 19.1. The van der Waals surface area contributed by atoms with Crippen LogP contribution < -0.4 is 5.32 Å². The minimum Gasteiger partial charge on any atom is -0.313 e. The molecule has 0 saturated carbocycles. The maximum absolute atomic E-state index is 14.0. The van der Waals surface area contributed by atoms with Crippen LogP contribution in [0.25, 0.3) is 11.1 Å². The molecule has 0 aliphatic heterocycles. The highest BCUT2D eigenvalue weighted by Gasteiger charge is 2.06. The van der Waals surface area contributed by atoms with Gasteiger partial charge in [-0.2, -0.15) is 0 Å². The molecule has 2 aromatic rings. The quantitative estimate of drug-likeness (QED) is 0.864. The van der Waals surface area contributed by atoms with E-state index in [9.17, 15) is 4.39 Å². The first-order valence-electron chi connectivity index (χ1n) is 6.68. The molecule has 0 heterocycles. The average Bonchev–Trinajstić information content (AvgIpc) is 2.37. The zero-order valence-corrected chi connectivity index (χ0v) is 11.8. The van der Waals surface area contributed by atoms with E-state index >= 15 is 0 Å². The van der Waals surface area contributed by atoms with Crippen molar-refractivity contribution >= 4 is 0 Å². The summed E-state index contributed by atoms with van der Waals surface area (Å²) in [4.78, 5) is 0. The maximum atomic E-state index is 14.0. The van der Waals surface area contributed by atoms with E-state index in [1.54, 1.807) is 6.07 Å². The van der Waals surface area contributed by atoms with Crippen LogP contribution in [0.5, 0.6) is 0 Å². The Morgan fingerprint density at radius 2 is 1.84 bits per heavy atom. The molecule has 100 valence electrons. The summed E-state index contributed by atoms with van der Waals surface area (Å²) in [6.07, 6.45) is 0. The Labute approximate surface area is 114 Å². The first-order valence-corrected chi connectivity index (χ1v) is 6.68. The molecule has 0 atom stereocenters. The van der Waals surface area contributed by atoms with Gasteiger partial charge in [-0.1, -0.05) is 42.8 Å². The van der Waals surface area contributed by atoms with Crippen molar-refractivity contribution in [2.24, 2.45) is 0 Å². The van der Waals surface area contributed by atoms with Crippen molar-refractivity contribution in [3.63, 3.8) is 0 Å². The summed E-state index contributed by atoms with van der Waals surface area (Å²) in [5, 5.41) is 3.14. The van der Waals surface area contributed by atoms with E-state index in [1.807, 2.05) is 19.1 Å². The highest BCUT2D eigenvalue weighted by molar-refractivity contribution is 5.67. The van der Waals surface area contributed by atoms with Gasteiger partial charge in [0, 0.05) is 12.1 Å². The smallest absolute Gasteiger partial charge is 0.128 e. The van der Waals surface area contributed by atoms with Gasteiger partial charge in [-0.05, 0) is 43.1 Å². The fourth-order valence-electron chi connectivity index (χ4n) is 2.26. The predicted octanol–water partition coefficient (Wildman–Crippen LogP) is 4.22. The molecule has 1 N–H and O–H groups in total. The highest BCUT2D eigenvalue weighted by Crippen LogP contribution is 2.26. The van der Waals surface area contributed by atoms with Crippen molar-refractivity contribution in [2.75, 3.05) is 6.54 Å². The predicted molar refractivity (Wildman–Crippen MR) is 78.7 cm³/mol. The summed E-state index contributed by atoms with van der Waals surface area (Å²) < 4.78 is 14.0. The molecule has 0 radical (unpaired) electrons. The van der Waals surface area contributed by atoms with Crippen LogP contribution in [-0.4, -0.2) is 6.54 Å². The lowest BCUT2D eigenvalue weighted by molar-refractivity contribution is 0.594. The lowest BCUT2D eigenvalue weighted by atomic mass is 9.97. The maximum Gasteiger partial charge on any atom is 0.128 e. The minimum absolute atomic E-state index is 0.140. The Hall–Kier alpha value is -1.67. The molecule has 0 bridgehead atoms. The van der Waals surface area contributed by atoms with Crippen LogP contribution >= 0.6 is 0 Å². The average molecular weight is 257 g/mol. The molecular formula is C17H20FN. The monoisotopic (exact) mass is 257 g/mol. The van der Waals surface area contributed by atoms with E-state index in [2.05, 4.69) is 37.4 Å². The number of rotatable bonds is 4. The molecule has 0 unspecified atom stereocenters. The number of aryl methyl sites for hydroxylation is 2. The van der Waals surface area contributed by atoms with Gasteiger partial charge in [0.15, 0.2) is 0 Å². The molecule has 0 fully saturated rings. The van der Waals surface area contributed by atoms with Crippen LogP contribution in [0.3, 0.4) is 0 Å². The molecule has 0 amide bonds. The standard InChI is InChI=1S/C17H20FN/c1-4-19-11-15-7-6-14(10-17(15)18)16-8-5-12(2)9-13(16)3/h5-10,19H,4,11H2,1-3H3. The molecule has 2 aromatic carbocycles. The third-order valence-corrected chi connectivity index (χ3v) is 3.31. The van der Waals surface area contributed by atoms with Gasteiger partial charge in [0.25, 0.3) is 0 Å². The van der Waals surface area contributed by atoms with E-state index in [4.69, 9.17) is 0 Å². The SMILES string of the molecule is CCNCc1ccc(-c2ccc(C)cc2C)cc1F. The van der Waals surface area contributed by atoms with Crippen molar-refractivity contribution in [3.05, 3.63) is 58.9 Å². The summed E-state index contributed by atoms with van der Waals surface area (Å²) in [5.74, 6) is -0.140. The van der Waals surface area contributed by atoms with Crippen molar-refractivity contribution in [1.82, 2.24) is 5.32 Å². The lowest BCUT2D eigenvalue weighted by Crippen LogP contribution is -2.12. The molecular weight excluding hydrogens is 237 g/mol. The zero-order valence-electron chi connectivity index (χ0n) is 11.8. The van der Waals surface area contributed by atoms with E-state index in [1.165, 1.54) is 11.1 Å². The third kappa shape index (κ3) is 3.21. The third-order valence-electron chi connectivity index (χ3n) is 3.31. The van der Waals surface area contributed by atoms with Gasteiger partial charge in [0.1, 0.15) is 5.82 Å². The van der Waals surface area contributed by atoms with Crippen LogP contribution in [0.15, 0.2) is 36.4 Å². The molecule has 1 nitrogen and oxygen atoms in total. The van der Waals surface area contributed by atoms with Crippen molar-refractivity contribution in [1.29, 1.82) is 0 Å². The van der Waals surface area contributed by atoms with Crippen LogP contribution in [0, 0.1) is 19.7 Å². The Morgan fingerprint density at radius 3 is 2.47 bits per heavy atom. The van der Waals surface area contributed by atoms with E-state index in [0.29, 0.717) is 6.54 Å². The molecule has 0 aliphatic carbocycles. The summed E-state index contributed by atoms with van der Waals surface area (Å²) in [7, 11) is 0. The number of halogens is 1. The molecule has 0 spiro atoms. The largest absolute Gasteiger partial charge is 0.313 e. The van der Waals surface area contributed by atoms with Crippen molar-refractivity contribution in [3.8, 4) is 11.1 Å². The van der Waals surface area contributed by atoms with Gasteiger partial charge < -0.3 is 5.32 Å². The van der Waals surface area contributed by atoms with Crippen LogP contribution in [0.4, 0.5) is 4.39 Å². The lowest BCUT2D eigenvalue weighted by Gasteiger charge is -2.10. The van der Waals surface area contributed by atoms with E-state index in [0.717, 1.165) is 23.2 Å². The summed E-state index contributed by atoms with van der Waals surface area (Å²) in [6.45, 7) is 7.57. The van der Waals surface area contributed by atoms with Crippen LogP contribution in [0.2, 0.25) is 0 Å². The number of nitrogens with one attached hydrogen (secondary N) is 1. The minimum atomic E-state index is -0.140. The molecule has 19 heavy (non-hydrogen) atoms. The fourth-order valence-corrected chi connectivity index (χ4v) is 2.26. The second-order valence-electron chi connectivity index (χ2n) is 4.90. The van der Waals surface area contributed by atoms with E-state index in [-0.39, 0.29) is 5.82 Å². The molecule has 0 saturated heterocycles. The second-order valence-corrected chi connectivity index (χ2v) is 4.90. The van der Waals surface area contributed by atoms with Crippen molar-refractivity contribution in [2.45, 2.75) is 27.3 Å². The van der Waals surface area contributed by atoms with E-state index < -0.39 is 0 Å². The normalized spacial score (nSPS) is 10.7. The molecule has 2 rings (SSSR count). The second kappa shape index (κ2) is 5.98. The van der Waals surface area contributed by atoms with Gasteiger partial charge in [-0.15, -0.1) is 0 Å². The number of hydrogen-bond donors (Lipinski definition) is 1. The first kappa shape index (κ1) is 13.8. The topological polar surface area (TPSA) is 12.0 Å². The Bertz CT molecular complexity index is 575. The summed E-state index contributed by atoms with van der Waals surface area (Å²) in [6, 6.07) is 11.7. The summed E-state index contributed by atoms with van der Waals surface area (Å²) in [5.41, 5.74) is 5.16. The van der Waals surface area contributed by atoms with Gasteiger partial charge in [0.05, 0.1) is 0 Å². The number of hydrogen-bond acceptors (Lipinski definition) is 1. The Morgan fingerprint density at radius 1 is 1.05 bits per heavy atom. The molecule has 0 aliphatic rings. The van der Waals surface area contributed by atoms with Gasteiger partial charge in [-0.3, -0.25) is 0 Å². The molecule has 0 aromatic heterocycles. The fraction of sp³-hybridized carbons (Fsp3) is 0.294. The van der Waals surface area contributed by atoms with Crippen LogP contribution in [0.1, 0.15) is 23.6 Å². The van der Waals surface area contributed by atoms with Crippen LogP contribution in [-0.2, 0) is 6.54 Å².